The third-order valence-electron chi connectivity index (χ3n) is 3.57. The van der Waals surface area contributed by atoms with Gasteiger partial charge in [-0.3, -0.25) is 0 Å². The Kier molecular flexibility index (Phi) is 4.64. The van der Waals surface area contributed by atoms with Crippen molar-refractivity contribution < 1.29 is 0 Å². The highest BCUT2D eigenvalue weighted by atomic mass is 15.0. The maximum absolute atomic E-state index is 9.11. The molecular weight excluding hydrogens is 326 g/mol. The summed E-state index contributed by atoms with van der Waals surface area (Å²) in [5.41, 5.74) is 14.6. The van der Waals surface area contributed by atoms with Crippen LogP contribution in [-0.2, 0) is 0 Å². The summed E-state index contributed by atoms with van der Waals surface area (Å²) in [5.74, 6) is 6.98. The predicted octanol–water partition coefficient (Wildman–Crippen LogP) is 2.02. The maximum atomic E-state index is 9.11. The second kappa shape index (κ2) is 7.20. The van der Waals surface area contributed by atoms with Crippen molar-refractivity contribution in [1.82, 2.24) is 15.0 Å². The fourth-order valence-electron chi connectivity index (χ4n) is 2.31. The van der Waals surface area contributed by atoms with E-state index in [-0.39, 0.29) is 11.8 Å². The number of nitrogens with two attached hydrogens (primary N) is 2. The van der Waals surface area contributed by atoms with E-state index < -0.39 is 0 Å². The Morgan fingerprint density at radius 2 is 1.88 bits per heavy atom. The monoisotopic (exact) mass is 341 g/mol. The summed E-state index contributed by atoms with van der Waals surface area (Å²) in [5, 5.41) is 12.1. The second-order valence-corrected chi connectivity index (χ2v) is 5.32. The van der Waals surface area contributed by atoms with Gasteiger partial charge in [-0.15, -0.1) is 0 Å². The van der Waals surface area contributed by atoms with Crippen LogP contribution in [0.5, 0.6) is 0 Å². The Bertz CT molecular complexity index is 1050. The van der Waals surface area contributed by atoms with Gasteiger partial charge >= 0.3 is 0 Å². The van der Waals surface area contributed by atoms with Crippen LogP contribution >= 0.6 is 0 Å². The van der Waals surface area contributed by atoms with Crippen LogP contribution in [0.2, 0.25) is 0 Å². The Morgan fingerprint density at radius 1 is 1.04 bits per heavy atom. The first kappa shape index (κ1) is 16.7. The van der Waals surface area contributed by atoms with Crippen LogP contribution in [0.1, 0.15) is 16.7 Å². The molecule has 0 saturated carbocycles. The van der Waals surface area contributed by atoms with E-state index in [1.807, 2.05) is 18.2 Å². The zero-order chi connectivity index (χ0) is 18.5. The van der Waals surface area contributed by atoms with Crippen molar-refractivity contribution in [2.75, 3.05) is 23.8 Å². The molecule has 7 heteroatoms. The van der Waals surface area contributed by atoms with Gasteiger partial charge in [-0.25, -0.2) is 9.97 Å². The van der Waals surface area contributed by atoms with Crippen LogP contribution in [0.25, 0.3) is 11.3 Å². The average molecular weight is 341 g/mol. The first-order chi connectivity index (χ1) is 12.6. The Labute approximate surface area is 150 Å². The molecule has 0 saturated heterocycles. The number of anilines is 3. The lowest BCUT2D eigenvalue weighted by Gasteiger charge is -2.08. The molecule has 1 aromatic carbocycles. The molecule has 0 aliphatic carbocycles. The zero-order valence-corrected chi connectivity index (χ0v) is 14.0. The number of hydrogen-bond donors (Lipinski definition) is 3. The predicted molar refractivity (Wildman–Crippen MR) is 101 cm³/mol. The molecule has 2 aromatic heterocycles. The molecular formula is C19H15N7. The molecule has 7 nitrogen and oxygen atoms in total. The van der Waals surface area contributed by atoms with Gasteiger partial charge in [-0.05, 0) is 24.3 Å². The normalized spacial score (nSPS) is 9.69. The van der Waals surface area contributed by atoms with Crippen molar-refractivity contribution in [3.05, 3.63) is 59.3 Å². The summed E-state index contributed by atoms with van der Waals surface area (Å²) in [7, 11) is 1.79. The summed E-state index contributed by atoms with van der Waals surface area (Å²) in [6.07, 6.45) is 1.66. The molecule has 0 bridgehead atoms. The van der Waals surface area contributed by atoms with Crippen molar-refractivity contribution in [3.8, 4) is 29.2 Å². The molecule has 126 valence electrons. The number of aromatic nitrogens is 3. The van der Waals surface area contributed by atoms with Crippen LogP contribution in [0.4, 0.5) is 17.6 Å². The number of rotatable bonds is 2. The Morgan fingerprint density at radius 3 is 2.58 bits per heavy atom. The third-order valence-corrected chi connectivity index (χ3v) is 3.57. The van der Waals surface area contributed by atoms with E-state index in [0.29, 0.717) is 22.4 Å². The minimum absolute atomic E-state index is 0.0467. The van der Waals surface area contributed by atoms with Gasteiger partial charge in [0.25, 0.3) is 0 Å². The zero-order valence-electron chi connectivity index (χ0n) is 14.0. The van der Waals surface area contributed by atoms with Gasteiger partial charge in [-0.1, -0.05) is 24.0 Å². The smallest absolute Gasteiger partial charge is 0.222 e. The van der Waals surface area contributed by atoms with Crippen molar-refractivity contribution in [1.29, 1.82) is 5.26 Å². The molecule has 0 fully saturated rings. The minimum Gasteiger partial charge on any atom is -0.382 e. The summed E-state index contributed by atoms with van der Waals surface area (Å²) >= 11 is 0. The Balaban J connectivity index is 2.10. The Hall–Kier alpha value is -4.10. The largest absolute Gasteiger partial charge is 0.382 e. The lowest BCUT2D eigenvalue weighted by molar-refractivity contribution is 1.19. The number of hydrogen-bond acceptors (Lipinski definition) is 7. The van der Waals surface area contributed by atoms with Gasteiger partial charge in [0.05, 0.1) is 22.9 Å². The van der Waals surface area contributed by atoms with Crippen LogP contribution in [0.15, 0.2) is 42.6 Å². The minimum atomic E-state index is 0.0467. The average Bonchev–Trinajstić information content (AvgIpc) is 2.67. The lowest BCUT2D eigenvalue weighted by atomic mass is 10.0. The van der Waals surface area contributed by atoms with Crippen molar-refractivity contribution in [3.63, 3.8) is 0 Å². The number of nitriles is 1. The summed E-state index contributed by atoms with van der Waals surface area (Å²) in [4.78, 5) is 12.5. The standard InChI is InChI=1S/C19H15N7/c1-23-16-8-6-12(11-24-16)5-7-15-17(25-19(22)26-18(15)21)14-4-2-3-13(9-14)10-20/h2-4,6,8-9,11H,1H3,(H,23,24)(H4,21,22,25,26). The molecule has 0 aliphatic rings. The van der Waals surface area contributed by atoms with E-state index in [2.05, 4.69) is 38.2 Å². The van der Waals surface area contributed by atoms with Crippen molar-refractivity contribution in [2.24, 2.45) is 0 Å². The molecule has 0 atom stereocenters. The highest BCUT2D eigenvalue weighted by Crippen LogP contribution is 2.26. The van der Waals surface area contributed by atoms with Gasteiger partial charge in [0.1, 0.15) is 11.6 Å². The highest BCUT2D eigenvalue weighted by molar-refractivity contribution is 5.75. The van der Waals surface area contributed by atoms with Crippen LogP contribution in [0.3, 0.4) is 0 Å². The number of benzene rings is 1. The van der Waals surface area contributed by atoms with E-state index in [1.54, 1.807) is 31.4 Å². The van der Waals surface area contributed by atoms with Crippen molar-refractivity contribution in [2.45, 2.75) is 0 Å². The fourth-order valence-corrected chi connectivity index (χ4v) is 2.31. The molecule has 2 heterocycles. The third kappa shape index (κ3) is 3.53. The molecule has 0 spiro atoms. The van der Waals surface area contributed by atoms with Gasteiger partial charge in [0.15, 0.2) is 0 Å². The summed E-state index contributed by atoms with van der Waals surface area (Å²) in [6, 6.07) is 12.8. The molecule has 0 amide bonds. The molecule has 5 N–H and O–H groups in total. The molecule has 26 heavy (non-hydrogen) atoms. The van der Waals surface area contributed by atoms with E-state index in [4.69, 9.17) is 16.7 Å². The lowest BCUT2D eigenvalue weighted by Crippen LogP contribution is -2.05. The maximum Gasteiger partial charge on any atom is 0.222 e. The van der Waals surface area contributed by atoms with Crippen LogP contribution < -0.4 is 16.8 Å². The van der Waals surface area contributed by atoms with Gasteiger partial charge in [0, 0.05) is 24.4 Å². The van der Waals surface area contributed by atoms with Crippen LogP contribution in [0, 0.1) is 23.2 Å². The van der Waals surface area contributed by atoms with E-state index in [0.717, 1.165) is 11.4 Å². The fraction of sp³-hybridized carbons (Fsp3) is 0.0526. The van der Waals surface area contributed by atoms with E-state index in [9.17, 15) is 0 Å². The number of pyridine rings is 1. The topological polar surface area (TPSA) is 127 Å². The number of nitrogens with zero attached hydrogens (tertiary/aromatic N) is 4. The van der Waals surface area contributed by atoms with Gasteiger partial charge < -0.3 is 16.8 Å². The summed E-state index contributed by atoms with van der Waals surface area (Å²) < 4.78 is 0. The SMILES string of the molecule is CNc1ccc(C#Cc2c(N)nc(N)nc2-c2cccc(C#N)c2)cn1. The number of nitrogen functional groups attached to an aromatic ring is 2. The first-order valence-electron chi connectivity index (χ1n) is 7.70. The molecule has 0 unspecified atom stereocenters. The van der Waals surface area contributed by atoms with E-state index >= 15 is 0 Å². The highest BCUT2D eigenvalue weighted by Gasteiger charge is 2.12. The second-order valence-electron chi connectivity index (χ2n) is 5.32. The van der Waals surface area contributed by atoms with E-state index in [1.165, 1.54) is 0 Å². The molecule has 0 aliphatic heterocycles. The number of nitrogens with one attached hydrogen (secondary N) is 1. The van der Waals surface area contributed by atoms with Gasteiger partial charge in [0.2, 0.25) is 5.95 Å². The summed E-state index contributed by atoms with van der Waals surface area (Å²) in [6.45, 7) is 0. The molecule has 3 rings (SSSR count). The molecule has 0 radical (unpaired) electrons. The quantitative estimate of drug-likeness (QED) is 0.608. The van der Waals surface area contributed by atoms with Crippen LogP contribution in [-0.4, -0.2) is 22.0 Å². The molecule has 3 aromatic rings. The first-order valence-corrected chi connectivity index (χ1v) is 7.70. The van der Waals surface area contributed by atoms with Crippen molar-refractivity contribution >= 4 is 17.6 Å². The van der Waals surface area contributed by atoms with Gasteiger partial charge in [-0.2, -0.15) is 10.2 Å².